The van der Waals surface area contributed by atoms with Crippen molar-refractivity contribution in [2.75, 3.05) is 7.11 Å². The minimum atomic E-state index is 0.0820. The van der Waals surface area contributed by atoms with Gasteiger partial charge in [-0.25, -0.2) is 0 Å². The average molecular weight is 179 g/mol. The topological polar surface area (TPSA) is 22.1 Å². The number of hydrogen-bond acceptors (Lipinski definition) is 2. The van der Waals surface area contributed by atoms with Crippen molar-refractivity contribution in [3.05, 3.63) is 23.5 Å². The SMILES string of the molecule is COc1ccnc(C(C)(C)C)c1C. The Labute approximate surface area is 80.0 Å². The maximum atomic E-state index is 5.24. The molecule has 2 nitrogen and oxygen atoms in total. The Morgan fingerprint density at radius 1 is 1.31 bits per heavy atom. The summed E-state index contributed by atoms with van der Waals surface area (Å²) in [6.45, 7) is 8.51. The van der Waals surface area contributed by atoms with Crippen molar-refractivity contribution in [3.8, 4) is 5.75 Å². The zero-order valence-electron chi connectivity index (χ0n) is 9.01. The third-order valence-corrected chi connectivity index (χ3v) is 2.08. The van der Waals surface area contributed by atoms with Crippen molar-refractivity contribution < 1.29 is 4.74 Å². The lowest BCUT2D eigenvalue weighted by atomic mass is 9.88. The third-order valence-electron chi connectivity index (χ3n) is 2.08. The van der Waals surface area contributed by atoms with E-state index in [1.54, 1.807) is 13.3 Å². The Hall–Kier alpha value is -1.05. The molecule has 0 spiro atoms. The molecule has 0 N–H and O–H groups in total. The van der Waals surface area contributed by atoms with E-state index in [2.05, 4.69) is 25.8 Å². The first-order valence-electron chi connectivity index (χ1n) is 4.47. The van der Waals surface area contributed by atoms with E-state index in [0.29, 0.717) is 0 Å². The molecule has 13 heavy (non-hydrogen) atoms. The van der Waals surface area contributed by atoms with Crippen molar-refractivity contribution in [2.24, 2.45) is 0 Å². The fourth-order valence-corrected chi connectivity index (χ4v) is 1.50. The number of nitrogens with zero attached hydrogens (tertiary/aromatic N) is 1. The molecule has 0 aliphatic rings. The lowest BCUT2D eigenvalue weighted by Crippen LogP contribution is -2.15. The maximum absolute atomic E-state index is 5.24. The fraction of sp³-hybridized carbons (Fsp3) is 0.545. The number of aromatic nitrogens is 1. The summed E-state index contributed by atoms with van der Waals surface area (Å²) in [6.07, 6.45) is 1.80. The van der Waals surface area contributed by atoms with E-state index in [1.165, 1.54) is 0 Å². The molecule has 2 heteroatoms. The summed E-state index contributed by atoms with van der Waals surface area (Å²) in [4.78, 5) is 4.38. The van der Waals surface area contributed by atoms with Gasteiger partial charge < -0.3 is 4.74 Å². The van der Waals surface area contributed by atoms with Gasteiger partial charge in [-0.05, 0) is 13.0 Å². The summed E-state index contributed by atoms with van der Waals surface area (Å²) < 4.78 is 5.24. The highest BCUT2D eigenvalue weighted by Gasteiger charge is 2.19. The summed E-state index contributed by atoms with van der Waals surface area (Å²) >= 11 is 0. The minimum Gasteiger partial charge on any atom is -0.496 e. The molecule has 0 fully saturated rings. The number of pyridine rings is 1. The molecule has 0 atom stereocenters. The number of ether oxygens (including phenoxy) is 1. The molecule has 0 aromatic carbocycles. The van der Waals surface area contributed by atoms with E-state index in [4.69, 9.17) is 4.74 Å². The van der Waals surface area contributed by atoms with E-state index in [9.17, 15) is 0 Å². The van der Waals surface area contributed by atoms with Crippen molar-refractivity contribution in [1.29, 1.82) is 0 Å². The second-order valence-corrected chi connectivity index (χ2v) is 4.24. The second-order valence-electron chi connectivity index (χ2n) is 4.24. The summed E-state index contributed by atoms with van der Waals surface area (Å²) in [5.74, 6) is 0.917. The molecule has 0 saturated carbocycles. The van der Waals surface area contributed by atoms with Gasteiger partial charge in [-0.15, -0.1) is 0 Å². The van der Waals surface area contributed by atoms with E-state index < -0.39 is 0 Å². The summed E-state index contributed by atoms with van der Waals surface area (Å²) in [6, 6.07) is 1.89. The molecule has 72 valence electrons. The minimum absolute atomic E-state index is 0.0820. The van der Waals surface area contributed by atoms with E-state index in [1.807, 2.05) is 13.0 Å². The summed E-state index contributed by atoms with van der Waals surface area (Å²) in [5.41, 5.74) is 2.32. The first-order valence-corrected chi connectivity index (χ1v) is 4.47. The first kappa shape index (κ1) is 10.0. The number of methoxy groups -OCH3 is 1. The molecule has 0 aliphatic heterocycles. The van der Waals surface area contributed by atoms with Crippen molar-refractivity contribution in [1.82, 2.24) is 4.98 Å². The van der Waals surface area contributed by atoms with Gasteiger partial charge in [0.1, 0.15) is 5.75 Å². The lowest BCUT2D eigenvalue weighted by Gasteiger charge is -2.21. The largest absolute Gasteiger partial charge is 0.496 e. The quantitative estimate of drug-likeness (QED) is 0.661. The van der Waals surface area contributed by atoms with Crippen LogP contribution in [0.4, 0.5) is 0 Å². The lowest BCUT2D eigenvalue weighted by molar-refractivity contribution is 0.407. The molecular formula is C11H17NO. The molecule has 0 saturated heterocycles. The van der Waals surface area contributed by atoms with E-state index in [0.717, 1.165) is 17.0 Å². The average Bonchev–Trinajstić information content (AvgIpc) is 2.02. The van der Waals surface area contributed by atoms with Crippen LogP contribution in [0.1, 0.15) is 32.0 Å². The molecule has 1 aromatic rings. The summed E-state index contributed by atoms with van der Waals surface area (Å²) in [7, 11) is 1.69. The Morgan fingerprint density at radius 2 is 1.92 bits per heavy atom. The van der Waals surface area contributed by atoms with Gasteiger partial charge in [0.15, 0.2) is 0 Å². The van der Waals surface area contributed by atoms with E-state index in [-0.39, 0.29) is 5.41 Å². The number of rotatable bonds is 1. The van der Waals surface area contributed by atoms with Crippen molar-refractivity contribution in [3.63, 3.8) is 0 Å². The van der Waals surface area contributed by atoms with Gasteiger partial charge >= 0.3 is 0 Å². The van der Waals surface area contributed by atoms with Crippen LogP contribution >= 0.6 is 0 Å². The van der Waals surface area contributed by atoms with Crippen LogP contribution in [-0.4, -0.2) is 12.1 Å². The predicted molar refractivity (Wildman–Crippen MR) is 54.2 cm³/mol. The van der Waals surface area contributed by atoms with Crippen LogP contribution < -0.4 is 4.74 Å². The summed E-state index contributed by atoms with van der Waals surface area (Å²) in [5, 5.41) is 0. The molecule has 1 heterocycles. The molecule has 1 aromatic heterocycles. The Bertz CT molecular complexity index is 299. The molecule has 0 aliphatic carbocycles. The highest BCUT2D eigenvalue weighted by atomic mass is 16.5. The molecule has 0 amide bonds. The normalized spacial score (nSPS) is 11.5. The Morgan fingerprint density at radius 3 is 2.38 bits per heavy atom. The van der Waals surface area contributed by atoms with Gasteiger partial charge in [0.25, 0.3) is 0 Å². The van der Waals surface area contributed by atoms with Gasteiger partial charge in [-0.2, -0.15) is 0 Å². The molecular weight excluding hydrogens is 162 g/mol. The van der Waals surface area contributed by atoms with Crippen LogP contribution in [-0.2, 0) is 5.41 Å². The van der Waals surface area contributed by atoms with Crippen LogP contribution in [0.15, 0.2) is 12.3 Å². The highest BCUT2D eigenvalue weighted by Crippen LogP contribution is 2.28. The maximum Gasteiger partial charge on any atom is 0.125 e. The molecule has 0 unspecified atom stereocenters. The van der Waals surface area contributed by atoms with Crippen molar-refractivity contribution >= 4 is 0 Å². The molecule has 0 bridgehead atoms. The highest BCUT2D eigenvalue weighted by molar-refractivity contribution is 5.37. The first-order chi connectivity index (χ1) is 5.96. The van der Waals surface area contributed by atoms with Gasteiger partial charge in [0, 0.05) is 17.2 Å². The molecule has 0 radical (unpaired) electrons. The standard InChI is InChI=1S/C11H17NO/c1-8-9(13-5)6-7-12-10(8)11(2,3)4/h6-7H,1-5H3. The van der Waals surface area contributed by atoms with Gasteiger partial charge in [0.2, 0.25) is 0 Å². The zero-order valence-corrected chi connectivity index (χ0v) is 9.01. The van der Waals surface area contributed by atoms with Gasteiger partial charge in [-0.1, -0.05) is 20.8 Å². The molecule has 1 rings (SSSR count). The monoisotopic (exact) mass is 179 g/mol. The van der Waals surface area contributed by atoms with Crippen LogP contribution in [0.3, 0.4) is 0 Å². The van der Waals surface area contributed by atoms with Crippen molar-refractivity contribution in [2.45, 2.75) is 33.1 Å². The predicted octanol–water partition coefficient (Wildman–Crippen LogP) is 2.70. The van der Waals surface area contributed by atoms with Gasteiger partial charge in [-0.3, -0.25) is 4.98 Å². The van der Waals surface area contributed by atoms with E-state index >= 15 is 0 Å². The Balaban J connectivity index is 3.24. The third kappa shape index (κ3) is 2.00. The van der Waals surface area contributed by atoms with Gasteiger partial charge in [0.05, 0.1) is 12.8 Å². The smallest absolute Gasteiger partial charge is 0.125 e. The van der Waals surface area contributed by atoms with Crippen LogP contribution in [0.25, 0.3) is 0 Å². The number of hydrogen-bond donors (Lipinski definition) is 0. The Kier molecular flexibility index (Phi) is 2.60. The van der Waals surface area contributed by atoms with Crippen LogP contribution in [0.5, 0.6) is 5.75 Å². The van der Waals surface area contributed by atoms with Crippen LogP contribution in [0, 0.1) is 6.92 Å². The fourth-order valence-electron chi connectivity index (χ4n) is 1.50. The van der Waals surface area contributed by atoms with Crippen LogP contribution in [0.2, 0.25) is 0 Å². The zero-order chi connectivity index (χ0) is 10.1. The second kappa shape index (κ2) is 3.36.